The molecule has 1 atom stereocenters. The second-order valence-corrected chi connectivity index (χ2v) is 10.7. The van der Waals surface area contributed by atoms with Crippen molar-refractivity contribution in [2.24, 2.45) is 0 Å². The van der Waals surface area contributed by atoms with Crippen molar-refractivity contribution >= 4 is 35.1 Å². The lowest BCUT2D eigenvalue weighted by molar-refractivity contribution is -0.120. The van der Waals surface area contributed by atoms with Crippen molar-refractivity contribution < 1.29 is 19.1 Å². The van der Waals surface area contributed by atoms with E-state index in [0.717, 1.165) is 54.2 Å². The summed E-state index contributed by atoms with van der Waals surface area (Å²) in [6.45, 7) is 12.0. The molecule has 43 heavy (non-hydrogen) atoms. The summed E-state index contributed by atoms with van der Waals surface area (Å²) in [6.07, 6.45) is 1.52. The van der Waals surface area contributed by atoms with Gasteiger partial charge in [0.15, 0.2) is 5.82 Å². The second kappa shape index (κ2) is 13.2. The molecule has 2 amide bonds. The molecule has 11 heteroatoms. The van der Waals surface area contributed by atoms with E-state index in [4.69, 9.17) is 4.74 Å². The summed E-state index contributed by atoms with van der Waals surface area (Å²) in [4.78, 5) is 46.7. The third-order valence-corrected chi connectivity index (χ3v) is 8.00. The molecule has 1 saturated heterocycles. The van der Waals surface area contributed by atoms with Gasteiger partial charge in [-0.1, -0.05) is 37.8 Å². The van der Waals surface area contributed by atoms with Gasteiger partial charge in [0.05, 0.1) is 5.69 Å². The number of anilines is 3. The normalized spacial score (nSPS) is 16.4. The maximum Gasteiger partial charge on any atom is 0.435 e. The predicted octanol–water partition coefficient (Wildman–Crippen LogP) is 3.82. The van der Waals surface area contributed by atoms with Gasteiger partial charge in [-0.15, -0.1) is 5.10 Å². The molecule has 0 aliphatic carbocycles. The molecule has 1 fully saturated rings. The maximum atomic E-state index is 14.1. The molecule has 0 radical (unpaired) electrons. The van der Waals surface area contributed by atoms with E-state index in [-0.39, 0.29) is 24.9 Å². The molecule has 1 aromatic heterocycles. The third-order valence-electron chi connectivity index (χ3n) is 8.00. The number of piperazine rings is 1. The predicted molar refractivity (Wildman–Crippen MR) is 167 cm³/mol. The number of ether oxygens (including phenoxy) is 1. The Morgan fingerprint density at radius 2 is 1.81 bits per heavy atom. The van der Waals surface area contributed by atoms with Crippen LogP contribution in [0, 0.1) is 0 Å². The van der Waals surface area contributed by atoms with Gasteiger partial charge in [0.2, 0.25) is 5.91 Å². The first-order valence-corrected chi connectivity index (χ1v) is 14.7. The summed E-state index contributed by atoms with van der Waals surface area (Å²) in [5.41, 5.74) is 4.30. The van der Waals surface area contributed by atoms with E-state index in [1.165, 1.54) is 6.08 Å². The van der Waals surface area contributed by atoms with Crippen LogP contribution in [-0.2, 0) is 22.5 Å². The van der Waals surface area contributed by atoms with E-state index >= 15 is 0 Å². The van der Waals surface area contributed by atoms with Gasteiger partial charge in [-0.3, -0.25) is 14.9 Å². The number of rotatable bonds is 9. The molecule has 2 aromatic carbocycles. The van der Waals surface area contributed by atoms with Crippen molar-refractivity contribution in [1.82, 2.24) is 20.0 Å². The van der Waals surface area contributed by atoms with Gasteiger partial charge in [-0.2, -0.15) is 4.68 Å². The van der Waals surface area contributed by atoms with E-state index in [1.54, 1.807) is 17.0 Å². The van der Waals surface area contributed by atoms with Crippen LogP contribution in [0.1, 0.15) is 47.1 Å². The Hall–Kier alpha value is -4.48. The number of hydrogen-bond donors (Lipinski definition) is 2. The summed E-state index contributed by atoms with van der Waals surface area (Å²) >= 11 is 0. The van der Waals surface area contributed by atoms with Crippen LogP contribution in [0.4, 0.5) is 22.0 Å². The smallest absolute Gasteiger partial charge is 0.435 e. The van der Waals surface area contributed by atoms with Crippen molar-refractivity contribution in [2.45, 2.75) is 32.9 Å². The topological polar surface area (TPSA) is 112 Å². The highest BCUT2D eigenvalue weighted by Gasteiger charge is 2.39. The third kappa shape index (κ3) is 6.18. The molecule has 3 aromatic rings. The molecule has 0 saturated carbocycles. The molecule has 0 spiro atoms. The van der Waals surface area contributed by atoms with E-state index in [0.29, 0.717) is 23.4 Å². The number of para-hydroxylation sites is 1. The molecule has 1 unspecified atom stereocenters. The van der Waals surface area contributed by atoms with Crippen molar-refractivity contribution in [3.63, 3.8) is 0 Å². The summed E-state index contributed by atoms with van der Waals surface area (Å²) < 4.78 is 6.36. The number of aryl methyl sites for hydroxylation is 1. The molecule has 2 N–H and O–H groups in total. The van der Waals surface area contributed by atoms with Crippen LogP contribution >= 0.6 is 0 Å². The average Bonchev–Trinajstić information content (AvgIpc) is 3.62. The van der Waals surface area contributed by atoms with E-state index in [2.05, 4.69) is 39.2 Å². The van der Waals surface area contributed by atoms with Crippen LogP contribution in [-0.4, -0.2) is 79.0 Å². The monoisotopic (exact) mass is 585 g/mol. The number of likely N-dealkylation sites (N-methyl/N-ethyl adjacent to an activating group) is 2. The fraction of sp³-hybridized carbons (Fsp3) is 0.375. The van der Waals surface area contributed by atoms with E-state index in [1.807, 2.05) is 50.2 Å². The first kappa shape index (κ1) is 30.0. The zero-order valence-corrected chi connectivity index (χ0v) is 25.0. The second-order valence-electron chi connectivity index (χ2n) is 10.7. The standard InChI is InChI=1S/C32H39N7O4/c1-5-20-43-32(42)39-26-21-33-28(31(41)38(7-3)25-11-9-8-10-22(25)6-2)27(26)29(35-39)34-30(40)23-12-14-24(15-13-23)37-18-16-36(4)17-19-37/h5,8-15,28,33H,1,6-7,16-21H2,2-4H3,(H,34,35,40). The number of carbonyl (C=O) groups is 3. The molecule has 2 aliphatic heterocycles. The zero-order valence-electron chi connectivity index (χ0n) is 25.0. The fourth-order valence-corrected chi connectivity index (χ4v) is 5.63. The highest BCUT2D eigenvalue weighted by atomic mass is 16.6. The molecule has 0 bridgehead atoms. The van der Waals surface area contributed by atoms with Crippen molar-refractivity contribution in [3.05, 3.63) is 83.6 Å². The number of fused-ring (bicyclic) bond motifs is 1. The Labute approximate surface area is 252 Å². The Kier molecular flexibility index (Phi) is 9.22. The quantitative estimate of drug-likeness (QED) is 0.365. The number of aromatic nitrogens is 2. The van der Waals surface area contributed by atoms with Crippen LogP contribution in [0.5, 0.6) is 0 Å². The molecule has 3 heterocycles. The summed E-state index contributed by atoms with van der Waals surface area (Å²) in [5.74, 6) is -0.450. The number of carbonyl (C=O) groups excluding carboxylic acids is 3. The van der Waals surface area contributed by atoms with Crippen LogP contribution in [0.2, 0.25) is 0 Å². The van der Waals surface area contributed by atoms with Gasteiger partial charge in [0.1, 0.15) is 12.6 Å². The van der Waals surface area contributed by atoms with Gasteiger partial charge < -0.3 is 24.8 Å². The Morgan fingerprint density at radius 1 is 1.09 bits per heavy atom. The van der Waals surface area contributed by atoms with Gasteiger partial charge >= 0.3 is 6.09 Å². The van der Waals surface area contributed by atoms with Crippen LogP contribution in [0.25, 0.3) is 0 Å². The lowest BCUT2D eigenvalue weighted by Gasteiger charge is -2.34. The molecule has 226 valence electrons. The number of nitrogens with zero attached hydrogens (tertiary/aromatic N) is 5. The zero-order chi connectivity index (χ0) is 30.5. The van der Waals surface area contributed by atoms with Crippen molar-refractivity contribution in [3.8, 4) is 0 Å². The van der Waals surface area contributed by atoms with Gasteiger partial charge in [-0.25, -0.2) is 4.79 Å². The minimum atomic E-state index is -0.823. The summed E-state index contributed by atoms with van der Waals surface area (Å²) in [5, 5.41) is 10.5. The summed E-state index contributed by atoms with van der Waals surface area (Å²) in [7, 11) is 2.11. The van der Waals surface area contributed by atoms with Gasteiger partial charge in [-0.05, 0) is 56.3 Å². The molecule has 11 nitrogen and oxygen atoms in total. The van der Waals surface area contributed by atoms with Crippen molar-refractivity contribution in [2.75, 3.05) is 61.5 Å². The molecule has 5 rings (SSSR count). The molecular formula is C32H39N7O4. The van der Waals surface area contributed by atoms with Gasteiger partial charge in [0, 0.05) is 61.8 Å². The number of benzene rings is 2. The Morgan fingerprint density at radius 3 is 2.49 bits per heavy atom. The Bertz CT molecular complexity index is 1490. The van der Waals surface area contributed by atoms with Gasteiger partial charge in [0.25, 0.3) is 5.91 Å². The SMILES string of the molecule is C=CCOC(=O)n1nc(NC(=O)c2ccc(N3CCN(C)CC3)cc2)c2c1CNC2C(=O)N(CC)c1ccccc1CC. The van der Waals surface area contributed by atoms with Crippen LogP contribution < -0.4 is 20.4 Å². The highest BCUT2D eigenvalue weighted by Crippen LogP contribution is 2.35. The lowest BCUT2D eigenvalue weighted by atomic mass is 10.1. The minimum Gasteiger partial charge on any atom is -0.444 e. The molecular weight excluding hydrogens is 546 g/mol. The lowest BCUT2D eigenvalue weighted by Crippen LogP contribution is -2.44. The van der Waals surface area contributed by atoms with E-state index < -0.39 is 18.0 Å². The first-order valence-electron chi connectivity index (χ1n) is 14.7. The van der Waals surface area contributed by atoms with Crippen LogP contribution in [0.15, 0.2) is 61.2 Å². The largest absolute Gasteiger partial charge is 0.444 e. The average molecular weight is 586 g/mol. The maximum absolute atomic E-state index is 14.1. The number of nitrogens with one attached hydrogen (secondary N) is 2. The number of amides is 2. The Balaban J connectivity index is 1.43. The molecule has 2 aliphatic rings. The van der Waals surface area contributed by atoms with E-state index in [9.17, 15) is 14.4 Å². The van der Waals surface area contributed by atoms with Crippen LogP contribution in [0.3, 0.4) is 0 Å². The van der Waals surface area contributed by atoms with Crippen molar-refractivity contribution in [1.29, 1.82) is 0 Å². The fourth-order valence-electron chi connectivity index (χ4n) is 5.63. The first-order chi connectivity index (χ1) is 20.9. The highest BCUT2D eigenvalue weighted by molar-refractivity contribution is 6.06. The summed E-state index contributed by atoms with van der Waals surface area (Å²) in [6, 6.07) is 14.4. The number of hydrogen-bond acceptors (Lipinski definition) is 8. The minimum absolute atomic E-state index is 0.00200.